The van der Waals surface area contributed by atoms with Crippen LogP contribution in [0.25, 0.3) is 66.9 Å². The van der Waals surface area contributed by atoms with Gasteiger partial charge in [-0.15, -0.1) is 13.2 Å². The number of amides is 1. The van der Waals surface area contributed by atoms with Crippen LogP contribution in [0.4, 0.5) is 4.79 Å². The van der Waals surface area contributed by atoms with Crippen LogP contribution in [-0.2, 0) is 78.1 Å². The number of pyridine rings is 6. The molecule has 0 unspecified atom stereocenters. The second kappa shape index (κ2) is 26.9. The van der Waals surface area contributed by atoms with Gasteiger partial charge in [-0.3, -0.25) is 24.0 Å². The van der Waals surface area contributed by atoms with Crippen molar-refractivity contribution in [1.29, 1.82) is 0 Å². The first kappa shape index (κ1) is 71.1. The number of allylic oxidation sites excluding steroid dienone is 2. The molecule has 10 aliphatic rings. The molecule has 3 atom stereocenters. The number of hydrogen-bond donors (Lipinski definition) is 4. The third-order valence-corrected chi connectivity index (χ3v) is 24.8. The Kier molecular flexibility index (Phi) is 17.9. The minimum absolute atomic E-state index is 0. The molecule has 21 heteroatoms. The van der Waals surface area contributed by atoms with Gasteiger partial charge in [-0.05, 0) is 180 Å². The first-order valence-corrected chi connectivity index (χ1v) is 37.7. The summed E-state index contributed by atoms with van der Waals surface area (Å²) in [7, 11) is 0. The van der Waals surface area contributed by atoms with E-state index in [1.165, 1.54) is 31.2 Å². The lowest BCUT2D eigenvalue weighted by atomic mass is 9.76. The third-order valence-electron chi connectivity index (χ3n) is 24.8. The molecule has 3 aromatic carbocycles. The Hall–Kier alpha value is -10.2. The Balaban J connectivity index is 0.000000125. The molecule has 3 fully saturated rings. The number of ether oxygens (including phenoxy) is 3. The smallest absolute Gasteiger partial charge is 0.415 e. The number of phenols is 1. The van der Waals surface area contributed by atoms with E-state index in [1.54, 1.807) is 65.5 Å². The fourth-order valence-corrected chi connectivity index (χ4v) is 18.6. The van der Waals surface area contributed by atoms with Crippen LogP contribution in [0.3, 0.4) is 0 Å². The molecular weight excluding hydrogens is 1350 g/mol. The van der Waals surface area contributed by atoms with Crippen molar-refractivity contribution < 1.29 is 49.0 Å². The van der Waals surface area contributed by atoms with Gasteiger partial charge in [0.15, 0.2) is 23.1 Å². The number of ketones is 2. The monoisotopic (exact) mass is 1440 g/mol. The van der Waals surface area contributed by atoms with Crippen molar-refractivity contribution >= 4 is 50.4 Å². The number of nitrogens with zero attached hydrogens (tertiary/aromatic N) is 8. The highest BCUT2D eigenvalue weighted by atomic mass is 16.7. The van der Waals surface area contributed by atoms with Gasteiger partial charge in [-0.2, -0.15) is 0 Å². The molecular formula is C86H90N8O13. The number of aromatic nitrogens is 6. The highest BCUT2D eigenvalue weighted by Crippen LogP contribution is 2.51. The molecule has 0 spiro atoms. The number of hydrogen-bond acceptors (Lipinski definition) is 17. The number of rotatable bonds is 10. The minimum Gasteiger partial charge on any atom is -0.508 e. The number of aromatic hydroxyl groups is 1. The molecule has 21 nitrogen and oxygen atoms in total. The molecule has 107 heavy (non-hydrogen) atoms. The second-order valence-electron chi connectivity index (χ2n) is 30.3. The van der Waals surface area contributed by atoms with Gasteiger partial charge in [0.25, 0.3) is 16.7 Å². The van der Waals surface area contributed by atoms with Gasteiger partial charge >= 0.3 is 6.09 Å². The molecule has 19 rings (SSSR count). The van der Waals surface area contributed by atoms with Gasteiger partial charge in [0, 0.05) is 116 Å². The van der Waals surface area contributed by atoms with E-state index in [2.05, 4.69) is 30.7 Å². The highest BCUT2D eigenvalue weighted by Gasteiger charge is 2.47. The Bertz CT molecular complexity index is 5560. The number of likely N-dealkylation sites (tertiary alicyclic amines) is 2. The van der Waals surface area contributed by atoms with Crippen LogP contribution >= 0.6 is 0 Å². The summed E-state index contributed by atoms with van der Waals surface area (Å²) in [4.78, 5) is 98.1. The van der Waals surface area contributed by atoms with E-state index in [0.29, 0.717) is 167 Å². The van der Waals surface area contributed by atoms with Gasteiger partial charge in [0.05, 0.1) is 70.3 Å². The molecule has 552 valence electrons. The molecule has 1 saturated carbocycles. The van der Waals surface area contributed by atoms with Crippen LogP contribution in [0.15, 0.2) is 119 Å². The molecule has 2 saturated heterocycles. The maximum absolute atomic E-state index is 13.6. The fraction of sp³-hybridized carbons (Fsp3) is 0.407. The SMILES string of the molecule is C.C=C1Cc2c(cc3n(c2=O)Cc2c-3nc3cc4c(cc3c2C2CCC2)OCO4)[C@@]1(O)CC.C=CCc1c(O)ccc2nc3c(cc12)Cn1c-3cc2c(c1=O)CCC(=O)[C@]2(O)CC.C=CCc1c(OC(=O)N2CCC(N3CCCCC3)CC2)ccc2nc3c(cc12)Cn1c-3cc2c(c1=O)CCC(=O)[C@]2(O)CC. The standard InChI is InChI=1S/C35H40N4O5.C26H24N2O4.C24H22N2O4.CH4/c1-3-8-24-26-19-22-21-39-29(20-27-25(33(39)41)9-12-31(40)35(27,43)4-2)32(22)36-28(26)10-11-30(24)44-34(42)38-17-13-23(14-18-38)37-15-6-5-7-16-37;1-3-26(30)13(2)7-15-18(26)9-20-24-17(11-28(20)25(15)29)23(14-5-4-6-14)16-8-21-22(32-12-31-21)10-19(16)27-24;1-3-5-14-16-10-13-12-26-19(22(13)25-18(16)7-8-20(14)27)11-17-15(23(26)29)6-9-21(28)24(17,30)4-2;/h3,10-11,19-20,23,43H,1,4-9,12-18,21H2,2H3;8-10,14,30H,2-7,11-12H2,1H3;3,7-8,10-11,27,30H,1,4-6,9,12H2,2H3;1H4/t35-;26-;24-;/m010./s1. The maximum atomic E-state index is 13.6. The first-order chi connectivity index (χ1) is 51.2. The maximum Gasteiger partial charge on any atom is 0.415 e. The molecule has 12 heterocycles. The third kappa shape index (κ3) is 11.2. The van der Waals surface area contributed by atoms with Crippen LogP contribution in [0, 0.1) is 0 Å². The van der Waals surface area contributed by atoms with Crippen molar-refractivity contribution in [1.82, 2.24) is 38.5 Å². The predicted octanol–water partition coefficient (Wildman–Crippen LogP) is 12.5. The van der Waals surface area contributed by atoms with E-state index in [1.807, 2.05) is 46.7 Å². The van der Waals surface area contributed by atoms with E-state index < -0.39 is 16.8 Å². The lowest BCUT2D eigenvalue weighted by Crippen LogP contribution is -2.48. The molecule has 6 aromatic heterocycles. The summed E-state index contributed by atoms with van der Waals surface area (Å²) in [6.07, 6.45) is 15.9. The Morgan fingerprint density at radius 3 is 1.64 bits per heavy atom. The van der Waals surface area contributed by atoms with Crippen LogP contribution in [0.5, 0.6) is 23.0 Å². The van der Waals surface area contributed by atoms with Crippen molar-refractivity contribution in [2.45, 2.75) is 192 Å². The van der Waals surface area contributed by atoms with E-state index in [4.69, 9.17) is 29.2 Å². The van der Waals surface area contributed by atoms with E-state index in [-0.39, 0.29) is 80.0 Å². The van der Waals surface area contributed by atoms with Gasteiger partial charge in [-0.1, -0.05) is 59.8 Å². The quantitative estimate of drug-likeness (QED) is 0.0927. The fourth-order valence-electron chi connectivity index (χ4n) is 18.6. The van der Waals surface area contributed by atoms with E-state index >= 15 is 0 Å². The minimum atomic E-state index is -1.65. The van der Waals surface area contributed by atoms with E-state index in [9.17, 15) is 49.2 Å². The van der Waals surface area contributed by atoms with Crippen LogP contribution in [0.2, 0.25) is 0 Å². The number of Topliss-reactive ketones (excluding diaryl/α,β-unsaturated/α-hetero) is 2. The Morgan fingerprint density at radius 1 is 0.570 bits per heavy atom. The number of piperidine rings is 2. The van der Waals surface area contributed by atoms with Crippen molar-refractivity contribution in [3.8, 4) is 57.2 Å². The average Bonchev–Trinajstić information content (AvgIpc) is 1.47. The molecule has 4 N–H and O–H groups in total. The van der Waals surface area contributed by atoms with Crippen LogP contribution in [0.1, 0.15) is 184 Å². The molecule has 1 amide bonds. The molecule has 6 aliphatic heterocycles. The molecule has 9 aromatic rings. The van der Waals surface area contributed by atoms with Crippen molar-refractivity contribution in [3.63, 3.8) is 0 Å². The zero-order valence-corrected chi connectivity index (χ0v) is 60.2. The molecule has 0 radical (unpaired) electrons. The summed E-state index contributed by atoms with van der Waals surface area (Å²) in [6.45, 7) is 22.4. The number of benzene rings is 3. The number of fused-ring (bicyclic) bond motifs is 16. The topological polar surface area (TPSA) is 271 Å². The Labute approximate surface area is 619 Å². The lowest BCUT2D eigenvalue weighted by Gasteiger charge is -2.39. The van der Waals surface area contributed by atoms with Crippen molar-refractivity contribution in [2.24, 2.45) is 0 Å². The predicted molar refractivity (Wildman–Crippen MR) is 409 cm³/mol. The lowest BCUT2D eigenvalue weighted by molar-refractivity contribution is -0.140. The summed E-state index contributed by atoms with van der Waals surface area (Å²) in [5, 5.41) is 46.7. The number of aliphatic hydroxyl groups is 3. The van der Waals surface area contributed by atoms with Crippen molar-refractivity contribution in [3.05, 3.63) is 202 Å². The number of carbonyl (C=O) groups excluding carboxylic acids is 3. The van der Waals surface area contributed by atoms with Gasteiger partial charge in [0.1, 0.15) is 28.3 Å². The zero-order chi connectivity index (χ0) is 73.6. The van der Waals surface area contributed by atoms with Gasteiger partial charge in [-0.25, -0.2) is 19.7 Å². The summed E-state index contributed by atoms with van der Waals surface area (Å²) in [5.41, 5.74) is 11.4. The normalized spacial score (nSPS) is 21.3. The van der Waals surface area contributed by atoms with E-state index in [0.717, 1.165) is 105 Å². The van der Waals surface area contributed by atoms with Crippen molar-refractivity contribution in [2.75, 3.05) is 33.0 Å². The van der Waals surface area contributed by atoms with Crippen LogP contribution < -0.4 is 30.9 Å². The number of phenolic OH excluding ortho intramolecular Hbond substituents is 1. The van der Waals surface area contributed by atoms with Crippen LogP contribution in [-0.4, -0.2) is 116 Å². The highest BCUT2D eigenvalue weighted by molar-refractivity contribution is 5.95. The summed E-state index contributed by atoms with van der Waals surface area (Å²) in [5.74, 6) is 2.15. The summed E-state index contributed by atoms with van der Waals surface area (Å²) < 4.78 is 22.5. The summed E-state index contributed by atoms with van der Waals surface area (Å²) >= 11 is 0. The number of carbonyl (C=O) groups is 3. The second-order valence-corrected chi connectivity index (χ2v) is 30.3. The first-order valence-electron chi connectivity index (χ1n) is 37.7. The largest absolute Gasteiger partial charge is 0.508 e. The molecule has 0 bridgehead atoms. The summed E-state index contributed by atoms with van der Waals surface area (Å²) in [6, 6.07) is 21.1. The zero-order valence-electron chi connectivity index (χ0n) is 60.2. The Morgan fingerprint density at radius 2 is 1.08 bits per heavy atom. The average molecular weight is 1440 g/mol. The van der Waals surface area contributed by atoms with Gasteiger partial charge in [0.2, 0.25) is 6.79 Å². The van der Waals surface area contributed by atoms with Gasteiger partial charge < -0.3 is 58.1 Å². The molecule has 4 aliphatic carbocycles.